The summed E-state index contributed by atoms with van der Waals surface area (Å²) in [6.45, 7) is 0. The summed E-state index contributed by atoms with van der Waals surface area (Å²) in [6, 6.07) is 12.7. The molecular weight excluding hydrogens is 308 g/mol. The van der Waals surface area contributed by atoms with Crippen molar-refractivity contribution < 1.29 is 0 Å². The molecule has 2 aromatic heterocycles. The summed E-state index contributed by atoms with van der Waals surface area (Å²) in [7, 11) is 0. The first-order valence-corrected chi connectivity index (χ1v) is 7.16. The van der Waals surface area contributed by atoms with Gasteiger partial charge in [-0.2, -0.15) is 0 Å². The molecule has 0 fully saturated rings. The Bertz CT molecular complexity index is 898. The highest BCUT2D eigenvalue weighted by atomic mass is 79.9. The van der Waals surface area contributed by atoms with E-state index >= 15 is 0 Å². The van der Waals surface area contributed by atoms with E-state index in [1.165, 1.54) is 20.9 Å². The van der Waals surface area contributed by atoms with Crippen molar-refractivity contribution in [2.45, 2.75) is 0 Å². The van der Waals surface area contributed by atoms with Gasteiger partial charge in [0.25, 0.3) is 0 Å². The second kappa shape index (κ2) is 3.73. The minimum atomic E-state index is 0.780. The third kappa shape index (κ3) is 1.39. The van der Waals surface area contributed by atoms with Gasteiger partial charge in [-0.25, -0.2) is 9.97 Å². The summed E-state index contributed by atoms with van der Waals surface area (Å²) in [4.78, 5) is 10.0. The van der Waals surface area contributed by atoms with Crippen molar-refractivity contribution in [3.63, 3.8) is 0 Å². The molecule has 0 saturated heterocycles. The zero-order valence-corrected chi connectivity index (χ0v) is 11.6. The Balaban J connectivity index is 2.35. The Morgan fingerprint density at radius 1 is 1.06 bits per heavy atom. The second-order valence-electron chi connectivity index (χ2n) is 4.11. The zero-order valence-electron chi connectivity index (χ0n) is 9.22. The maximum atomic E-state index is 4.58. The predicted molar refractivity (Wildman–Crippen MR) is 80.1 cm³/mol. The lowest BCUT2D eigenvalue weighted by molar-refractivity contribution is 1.27. The van der Waals surface area contributed by atoms with Gasteiger partial charge in [-0.15, -0.1) is 11.3 Å². The van der Waals surface area contributed by atoms with E-state index in [1.807, 2.05) is 0 Å². The van der Waals surface area contributed by atoms with Crippen LogP contribution in [0.15, 0.2) is 47.2 Å². The molecule has 0 radical (unpaired) electrons. The molecule has 0 aliphatic heterocycles. The van der Waals surface area contributed by atoms with Gasteiger partial charge in [0.05, 0.1) is 6.20 Å². The number of hydrogen-bond donors (Lipinski definition) is 0. The number of fused-ring (bicyclic) bond motifs is 5. The van der Waals surface area contributed by atoms with Crippen LogP contribution in [0.5, 0.6) is 0 Å². The zero-order chi connectivity index (χ0) is 12.1. The molecule has 86 valence electrons. The molecule has 0 N–H and O–H groups in total. The van der Waals surface area contributed by atoms with Gasteiger partial charge in [0.2, 0.25) is 0 Å². The van der Waals surface area contributed by atoms with E-state index in [4.69, 9.17) is 0 Å². The van der Waals surface area contributed by atoms with E-state index in [0.29, 0.717) is 0 Å². The molecular formula is C14H7BrN2S. The average Bonchev–Trinajstić information content (AvgIpc) is 2.77. The Labute approximate surface area is 115 Å². The summed E-state index contributed by atoms with van der Waals surface area (Å²) in [6.07, 6.45) is 1.75. The van der Waals surface area contributed by atoms with Gasteiger partial charge in [-0.3, -0.25) is 0 Å². The lowest BCUT2D eigenvalue weighted by Crippen LogP contribution is -1.80. The normalized spacial score (nSPS) is 11.6. The number of aromatic nitrogens is 2. The standard InChI is InChI=1S/C14H7BrN2S/c15-11-7-16-14-13(17-11)12-9-4-2-1-3-8(9)5-6-10(12)18-14/h1-7H. The van der Waals surface area contributed by atoms with Gasteiger partial charge < -0.3 is 0 Å². The number of rotatable bonds is 0. The van der Waals surface area contributed by atoms with Gasteiger partial charge in [-0.1, -0.05) is 30.3 Å². The van der Waals surface area contributed by atoms with E-state index in [-0.39, 0.29) is 0 Å². The van der Waals surface area contributed by atoms with Crippen LogP contribution in [0.2, 0.25) is 0 Å². The molecule has 18 heavy (non-hydrogen) atoms. The monoisotopic (exact) mass is 314 g/mol. The molecule has 0 saturated carbocycles. The summed E-state index contributed by atoms with van der Waals surface area (Å²) in [5.41, 5.74) is 0.987. The Kier molecular flexibility index (Phi) is 2.16. The summed E-state index contributed by atoms with van der Waals surface area (Å²) in [5, 5.41) is 3.70. The first kappa shape index (κ1) is 10.4. The highest BCUT2D eigenvalue weighted by molar-refractivity contribution is 9.10. The number of benzene rings is 2. The fourth-order valence-corrected chi connectivity index (χ4v) is 3.56. The molecule has 0 aliphatic carbocycles. The van der Waals surface area contributed by atoms with E-state index in [9.17, 15) is 0 Å². The van der Waals surface area contributed by atoms with Crippen LogP contribution in [-0.4, -0.2) is 9.97 Å². The molecule has 4 heteroatoms. The Hall–Kier alpha value is -1.52. The average molecular weight is 315 g/mol. The molecule has 0 unspecified atom stereocenters. The minimum Gasteiger partial charge on any atom is -0.241 e. The van der Waals surface area contributed by atoms with Crippen molar-refractivity contribution in [1.82, 2.24) is 9.97 Å². The van der Waals surface area contributed by atoms with Gasteiger partial charge in [0.15, 0.2) is 0 Å². The topological polar surface area (TPSA) is 25.8 Å². The third-order valence-corrected chi connectivity index (χ3v) is 4.48. The highest BCUT2D eigenvalue weighted by Gasteiger charge is 2.10. The number of halogens is 1. The molecule has 0 aliphatic rings. The van der Waals surface area contributed by atoms with Gasteiger partial charge in [-0.05, 0) is 32.8 Å². The Morgan fingerprint density at radius 2 is 1.94 bits per heavy atom. The van der Waals surface area contributed by atoms with Crippen molar-refractivity contribution in [2.24, 2.45) is 0 Å². The number of hydrogen-bond acceptors (Lipinski definition) is 3. The Morgan fingerprint density at radius 3 is 2.89 bits per heavy atom. The van der Waals surface area contributed by atoms with Crippen LogP contribution < -0.4 is 0 Å². The first-order valence-electron chi connectivity index (χ1n) is 5.55. The second-order valence-corrected chi connectivity index (χ2v) is 5.95. The van der Waals surface area contributed by atoms with Crippen molar-refractivity contribution >= 4 is 58.5 Å². The molecule has 4 rings (SSSR count). The molecule has 0 spiro atoms. The first-order chi connectivity index (χ1) is 8.83. The van der Waals surface area contributed by atoms with Crippen LogP contribution in [0.4, 0.5) is 0 Å². The van der Waals surface area contributed by atoms with E-state index < -0.39 is 0 Å². The molecule has 0 amide bonds. The summed E-state index contributed by atoms with van der Waals surface area (Å²) >= 11 is 5.09. The van der Waals surface area contributed by atoms with Crippen LogP contribution in [0.1, 0.15) is 0 Å². The minimum absolute atomic E-state index is 0.780. The lowest BCUT2D eigenvalue weighted by atomic mass is 10.1. The molecule has 0 atom stereocenters. The van der Waals surface area contributed by atoms with E-state index in [0.717, 1.165) is 15.0 Å². The van der Waals surface area contributed by atoms with E-state index in [1.54, 1.807) is 17.5 Å². The van der Waals surface area contributed by atoms with Crippen molar-refractivity contribution in [1.29, 1.82) is 0 Å². The van der Waals surface area contributed by atoms with Crippen LogP contribution in [-0.2, 0) is 0 Å². The number of nitrogens with zero attached hydrogens (tertiary/aromatic N) is 2. The molecule has 4 aromatic rings. The van der Waals surface area contributed by atoms with Crippen molar-refractivity contribution in [3.05, 3.63) is 47.2 Å². The van der Waals surface area contributed by atoms with Crippen molar-refractivity contribution in [3.8, 4) is 0 Å². The SMILES string of the molecule is Brc1cnc2sc3ccc4ccccc4c3c2n1. The van der Waals surface area contributed by atoms with Crippen LogP contribution in [0, 0.1) is 0 Å². The van der Waals surface area contributed by atoms with Crippen LogP contribution >= 0.6 is 27.3 Å². The smallest absolute Gasteiger partial charge is 0.143 e. The maximum Gasteiger partial charge on any atom is 0.143 e. The third-order valence-electron chi connectivity index (χ3n) is 3.04. The summed E-state index contributed by atoms with van der Waals surface area (Å²) < 4.78 is 2.02. The molecule has 2 aromatic carbocycles. The quantitative estimate of drug-likeness (QED) is 0.467. The summed E-state index contributed by atoms with van der Waals surface area (Å²) in [5.74, 6) is 0. The van der Waals surface area contributed by atoms with Gasteiger partial charge >= 0.3 is 0 Å². The predicted octanol–water partition coefficient (Wildman–Crippen LogP) is 4.76. The van der Waals surface area contributed by atoms with Crippen molar-refractivity contribution in [2.75, 3.05) is 0 Å². The molecule has 2 nitrogen and oxygen atoms in total. The number of thiophene rings is 1. The van der Waals surface area contributed by atoms with Gasteiger partial charge in [0.1, 0.15) is 15.0 Å². The highest BCUT2D eigenvalue weighted by Crippen LogP contribution is 2.36. The van der Waals surface area contributed by atoms with E-state index in [2.05, 4.69) is 62.3 Å². The van der Waals surface area contributed by atoms with Crippen LogP contribution in [0.3, 0.4) is 0 Å². The lowest BCUT2D eigenvalue weighted by Gasteiger charge is -1.99. The fraction of sp³-hybridized carbons (Fsp3) is 0. The molecule has 0 bridgehead atoms. The molecule has 2 heterocycles. The largest absolute Gasteiger partial charge is 0.241 e. The fourth-order valence-electron chi connectivity index (χ4n) is 2.28. The maximum absolute atomic E-state index is 4.58. The van der Waals surface area contributed by atoms with Crippen LogP contribution in [0.25, 0.3) is 31.2 Å². The van der Waals surface area contributed by atoms with Gasteiger partial charge in [0, 0.05) is 10.1 Å².